The van der Waals surface area contributed by atoms with Crippen LogP contribution in [0.1, 0.15) is 5.56 Å². The number of hydrogen-bond acceptors (Lipinski definition) is 6. The Morgan fingerprint density at radius 1 is 0.879 bits per heavy atom. The lowest BCUT2D eigenvalue weighted by Gasteiger charge is -2.14. The highest BCUT2D eigenvalue weighted by Crippen LogP contribution is 2.25. The number of aromatic nitrogens is 2. The minimum absolute atomic E-state index is 0.00992. The molecule has 3 N–H and O–H groups in total. The van der Waals surface area contributed by atoms with E-state index in [0.717, 1.165) is 5.56 Å². The molecule has 3 aromatic carbocycles. The summed E-state index contributed by atoms with van der Waals surface area (Å²) >= 11 is 6.11. The zero-order valence-electron chi connectivity index (χ0n) is 17.5. The molecular formula is C23H20ClN5O3S. The van der Waals surface area contributed by atoms with Crippen molar-refractivity contribution in [2.75, 3.05) is 21.9 Å². The Kier molecular flexibility index (Phi) is 6.43. The number of halogens is 1. The van der Waals surface area contributed by atoms with Gasteiger partial charge in [0.15, 0.2) is 11.6 Å². The van der Waals surface area contributed by atoms with Gasteiger partial charge in [0.1, 0.15) is 0 Å². The van der Waals surface area contributed by atoms with Gasteiger partial charge in [-0.2, -0.15) is 0 Å². The monoisotopic (exact) mass is 481 g/mol. The molecule has 10 heteroatoms. The Bertz CT molecular complexity index is 1430. The van der Waals surface area contributed by atoms with Crippen LogP contribution >= 0.6 is 11.6 Å². The zero-order valence-corrected chi connectivity index (χ0v) is 19.1. The van der Waals surface area contributed by atoms with E-state index in [0.29, 0.717) is 21.7 Å². The first-order valence-electron chi connectivity index (χ1n) is 9.97. The smallest absolute Gasteiger partial charge is 0.263 e. The van der Waals surface area contributed by atoms with Crippen molar-refractivity contribution in [3.63, 3.8) is 0 Å². The number of carbonyl (C=O) groups excluding carboxylic acids is 1. The van der Waals surface area contributed by atoms with E-state index in [-0.39, 0.29) is 29.0 Å². The average molecular weight is 482 g/mol. The Morgan fingerprint density at radius 3 is 2.21 bits per heavy atom. The molecule has 1 amide bonds. The number of benzene rings is 3. The predicted molar refractivity (Wildman–Crippen MR) is 130 cm³/mol. The molecule has 0 bridgehead atoms. The molecule has 0 radical (unpaired) electrons. The van der Waals surface area contributed by atoms with Crippen molar-refractivity contribution < 1.29 is 13.2 Å². The minimum Gasteiger partial charge on any atom is -0.358 e. The third-order valence-corrected chi connectivity index (χ3v) is 6.58. The summed E-state index contributed by atoms with van der Waals surface area (Å²) in [6, 6.07) is 20.2. The van der Waals surface area contributed by atoms with Crippen LogP contribution in [0.15, 0.2) is 77.7 Å². The van der Waals surface area contributed by atoms with Gasteiger partial charge in [0.25, 0.3) is 10.0 Å². The van der Waals surface area contributed by atoms with E-state index in [1.165, 1.54) is 12.1 Å². The number of anilines is 3. The lowest BCUT2D eigenvalue weighted by molar-refractivity contribution is -0.114. The summed E-state index contributed by atoms with van der Waals surface area (Å²) in [5.74, 6) is -0.234. The number of sulfonamides is 1. The third-order valence-electron chi connectivity index (χ3n) is 4.81. The van der Waals surface area contributed by atoms with Gasteiger partial charge in [0.2, 0.25) is 5.91 Å². The molecule has 0 aliphatic rings. The summed E-state index contributed by atoms with van der Waals surface area (Å²) in [6.07, 6.45) is 0. The van der Waals surface area contributed by atoms with Crippen LogP contribution in [0, 0.1) is 6.92 Å². The van der Waals surface area contributed by atoms with Crippen LogP contribution in [0.25, 0.3) is 11.0 Å². The fourth-order valence-corrected chi connectivity index (χ4v) is 4.29. The van der Waals surface area contributed by atoms with Gasteiger partial charge in [0, 0.05) is 10.7 Å². The normalized spacial score (nSPS) is 11.2. The summed E-state index contributed by atoms with van der Waals surface area (Å²) in [5, 5.41) is 6.21. The Hall–Kier alpha value is -3.69. The molecule has 0 spiro atoms. The second-order valence-electron chi connectivity index (χ2n) is 7.14. The molecule has 4 rings (SSSR count). The van der Waals surface area contributed by atoms with E-state index in [9.17, 15) is 13.2 Å². The quantitative estimate of drug-likeness (QED) is 0.359. The molecule has 8 nitrogen and oxygen atoms in total. The summed E-state index contributed by atoms with van der Waals surface area (Å²) in [4.78, 5) is 21.5. The third kappa shape index (κ3) is 5.21. The van der Waals surface area contributed by atoms with E-state index < -0.39 is 10.0 Å². The average Bonchev–Trinajstić information content (AvgIpc) is 2.81. The number of nitrogens with zero attached hydrogens (tertiary/aromatic N) is 2. The van der Waals surface area contributed by atoms with Gasteiger partial charge >= 0.3 is 0 Å². The van der Waals surface area contributed by atoms with Crippen molar-refractivity contribution in [1.29, 1.82) is 0 Å². The van der Waals surface area contributed by atoms with Gasteiger partial charge < -0.3 is 10.6 Å². The van der Waals surface area contributed by atoms with Crippen molar-refractivity contribution >= 4 is 55.9 Å². The van der Waals surface area contributed by atoms with Crippen LogP contribution in [0.5, 0.6) is 0 Å². The largest absolute Gasteiger partial charge is 0.358 e. The van der Waals surface area contributed by atoms with Gasteiger partial charge in [-0.15, -0.1) is 0 Å². The Morgan fingerprint density at radius 2 is 1.52 bits per heavy atom. The first kappa shape index (κ1) is 22.5. The number of nitrogens with one attached hydrogen (secondary N) is 3. The molecule has 33 heavy (non-hydrogen) atoms. The second-order valence-corrected chi connectivity index (χ2v) is 9.23. The zero-order chi connectivity index (χ0) is 23.4. The summed E-state index contributed by atoms with van der Waals surface area (Å²) in [5.41, 5.74) is 2.39. The first-order valence-corrected chi connectivity index (χ1v) is 11.8. The highest BCUT2D eigenvalue weighted by Gasteiger charge is 2.19. The summed E-state index contributed by atoms with van der Waals surface area (Å²) < 4.78 is 28.2. The molecule has 0 saturated heterocycles. The molecule has 1 heterocycles. The molecule has 0 fully saturated rings. The Labute approximate surface area is 196 Å². The van der Waals surface area contributed by atoms with Crippen LogP contribution in [-0.2, 0) is 14.8 Å². The van der Waals surface area contributed by atoms with Gasteiger partial charge in [0.05, 0.1) is 22.5 Å². The van der Waals surface area contributed by atoms with E-state index in [1.807, 2.05) is 0 Å². The first-order chi connectivity index (χ1) is 15.8. The minimum atomic E-state index is -3.91. The van der Waals surface area contributed by atoms with Gasteiger partial charge in [-0.25, -0.2) is 18.4 Å². The van der Waals surface area contributed by atoms with Gasteiger partial charge in [-0.05, 0) is 48.9 Å². The molecule has 0 atom stereocenters. The van der Waals surface area contributed by atoms with Crippen LogP contribution in [0.4, 0.5) is 17.3 Å². The number of hydrogen-bond donors (Lipinski definition) is 3. The summed E-state index contributed by atoms with van der Waals surface area (Å²) in [7, 11) is -3.91. The van der Waals surface area contributed by atoms with E-state index in [2.05, 4.69) is 25.3 Å². The number of amides is 1. The van der Waals surface area contributed by atoms with Crippen LogP contribution in [0.3, 0.4) is 0 Å². The molecule has 1 aromatic heterocycles. The maximum absolute atomic E-state index is 12.8. The molecule has 168 valence electrons. The highest BCUT2D eigenvalue weighted by atomic mass is 35.5. The SMILES string of the molecule is Cc1c(Cl)cccc1NC(=O)CNc1nc2ccccc2nc1NS(=O)(=O)c1ccccc1. The number of rotatable bonds is 7. The molecule has 0 aliphatic carbocycles. The predicted octanol–water partition coefficient (Wildman–Crippen LogP) is 4.44. The molecular weight excluding hydrogens is 462 g/mol. The number of fused-ring (bicyclic) bond motifs is 1. The lowest BCUT2D eigenvalue weighted by atomic mass is 10.2. The van der Waals surface area contributed by atoms with Crippen LogP contribution < -0.4 is 15.4 Å². The fraction of sp³-hybridized carbons (Fsp3) is 0.0870. The van der Waals surface area contributed by atoms with Crippen molar-refractivity contribution in [3.8, 4) is 0 Å². The number of para-hydroxylation sites is 2. The van der Waals surface area contributed by atoms with Gasteiger partial charge in [-0.3, -0.25) is 9.52 Å². The fourth-order valence-electron chi connectivity index (χ4n) is 3.08. The van der Waals surface area contributed by atoms with Crippen LogP contribution in [-0.4, -0.2) is 30.8 Å². The highest BCUT2D eigenvalue weighted by molar-refractivity contribution is 7.92. The topological polar surface area (TPSA) is 113 Å². The molecule has 0 unspecified atom stereocenters. The van der Waals surface area contributed by atoms with E-state index >= 15 is 0 Å². The van der Waals surface area contributed by atoms with Crippen molar-refractivity contribution in [1.82, 2.24) is 9.97 Å². The standard InChI is InChI=1S/C23H20ClN5O3S/c1-15-17(24)10-7-13-18(15)26-21(30)14-25-22-23(28-20-12-6-5-11-19(20)27-22)29-33(31,32)16-8-3-2-4-9-16/h2-13H,14H2,1H3,(H,25,27)(H,26,30)(H,28,29). The van der Waals surface area contributed by atoms with E-state index in [4.69, 9.17) is 11.6 Å². The maximum Gasteiger partial charge on any atom is 0.263 e. The molecule has 0 aliphatic heterocycles. The molecule has 4 aromatic rings. The van der Waals surface area contributed by atoms with Crippen LogP contribution in [0.2, 0.25) is 5.02 Å². The van der Waals surface area contributed by atoms with Crippen molar-refractivity contribution in [2.45, 2.75) is 11.8 Å². The second kappa shape index (κ2) is 9.43. The van der Waals surface area contributed by atoms with Gasteiger partial charge in [-0.1, -0.05) is 48.0 Å². The maximum atomic E-state index is 12.8. The number of carbonyl (C=O) groups is 1. The lowest BCUT2D eigenvalue weighted by Crippen LogP contribution is -2.24. The molecule has 0 saturated carbocycles. The van der Waals surface area contributed by atoms with E-state index in [1.54, 1.807) is 67.6 Å². The van der Waals surface area contributed by atoms with Crippen molar-refractivity contribution in [3.05, 3.63) is 83.4 Å². The summed E-state index contributed by atoms with van der Waals surface area (Å²) in [6.45, 7) is 1.63. The van der Waals surface area contributed by atoms with Crippen molar-refractivity contribution in [2.24, 2.45) is 0 Å². The Balaban J connectivity index is 1.59.